The number of alkyl halides is 3. The molecule has 104 valence electrons. The normalized spacial score (nSPS) is 12.2. The average Bonchev–Trinajstić information content (AvgIpc) is 3.04. The zero-order valence-electron chi connectivity index (χ0n) is 10.6. The van der Waals surface area contributed by atoms with Crippen molar-refractivity contribution in [2.45, 2.75) is 19.5 Å². The van der Waals surface area contributed by atoms with E-state index in [0.717, 1.165) is 6.07 Å². The molecule has 0 atom stereocenters. The lowest BCUT2D eigenvalue weighted by molar-refractivity contribution is -0.136. The first-order chi connectivity index (χ1) is 9.49. The Kier molecular flexibility index (Phi) is 2.81. The monoisotopic (exact) mass is 280 g/mol. The fourth-order valence-electron chi connectivity index (χ4n) is 2.11. The van der Waals surface area contributed by atoms with Crippen LogP contribution in [0, 0.1) is 0 Å². The molecular weight excluding hydrogens is 269 g/mol. The van der Waals surface area contributed by atoms with Crippen molar-refractivity contribution < 1.29 is 17.6 Å². The molecule has 0 radical (unpaired) electrons. The first-order valence-electron chi connectivity index (χ1n) is 6.10. The number of aryl methyl sites for hydroxylation is 1. The minimum Gasteiger partial charge on any atom is -0.472 e. The molecule has 0 fully saturated rings. The molecule has 0 saturated heterocycles. The Labute approximate surface area is 112 Å². The van der Waals surface area contributed by atoms with E-state index >= 15 is 0 Å². The van der Waals surface area contributed by atoms with Crippen LogP contribution in [0.1, 0.15) is 18.2 Å². The van der Waals surface area contributed by atoms with Crippen molar-refractivity contribution in [3.05, 3.63) is 48.3 Å². The summed E-state index contributed by atoms with van der Waals surface area (Å²) in [6.45, 7) is 1.85. The summed E-state index contributed by atoms with van der Waals surface area (Å²) in [5, 5.41) is 0. The van der Waals surface area contributed by atoms with Crippen molar-refractivity contribution in [1.82, 2.24) is 9.38 Å². The second kappa shape index (κ2) is 4.40. The molecule has 0 saturated carbocycles. The smallest absolute Gasteiger partial charge is 0.420 e. The standard InChI is InChI=1S/C14H11F3N2O/c1-2-11-7-19-6-10(9-3-4-20-8-9)5-12(13(19)18-11)14(15,16)17/h3-8H,2H2,1H3. The van der Waals surface area contributed by atoms with Crippen LogP contribution in [0.2, 0.25) is 0 Å². The van der Waals surface area contributed by atoms with Gasteiger partial charge in [-0.1, -0.05) is 6.92 Å². The lowest BCUT2D eigenvalue weighted by Crippen LogP contribution is -2.08. The van der Waals surface area contributed by atoms with Gasteiger partial charge in [0.2, 0.25) is 0 Å². The van der Waals surface area contributed by atoms with Crippen LogP contribution in [-0.2, 0) is 12.6 Å². The van der Waals surface area contributed by atoms with Gasteiger partial charge in [-0.25, -0.2) is 4.98 Å². The number of nitrogens with zero attached hydrogens (tertiary/aromatic N) is 2. The highest BCUT2D eigenvalue weighted by molar-refractivity contribution is 5.67. The van der Waals surface area contributed by atoms with Gasteiger partial charge in [0.15, 0.2) is 0 Å². The maximum absolute atomic E-state index is 13.2. The Hall–Kier alpha value is -2.24. The molecule has 6 heteroatoms. The highest BCUT2D eigenvalue weighted by Crippen LogP contribution is 2.35. The van der Waals surface area contributed by atoms with E-state index < -0.39 is 11.7 Å². The summed E-state index contributed by atoms with van der Waals surface area (Å²) in [5.74, 6) is 0. The second-order valence-corrected chi connectivity index (χ2v) is 4.47. The number of hydrogen-bond acceptors (Lipinski definition) is 2. The highest BCUT2D eigenvalue weighted by atomic mass is 19.4. The van der Waals surface area contributed by atoms with Crippen molar-refractivity contribution in [3.8, 4) is 11.1 Å². The highest BCUT2D eigenvalue weighted by Gasteiger charge is 2.34. The molecule has 0 aromatic carbocycles. The summed E-state index contributed by atoms with van der Waals surface area (Å²) in [4.78, 5) is 4.04. The SMILES string of the molecule is CCc1cn2cc(-c3ccoc3)cc(C(F)(F)F)c2n1. The van der Waals surface area contributed by atoms with Crippen LogP contribution < -0.4 is 0 Å². The van der Waals surface area contributed by atoms with E-state index in [9.17, 15) is 13.2 Å². The molecule has 0 N–H and O–H groups in total. The number of imidazole rings is 1. The molecule has 0 aliphatic heterocycles. The average molecular weight is 280 g/mol. The predicted molar refractivity (Wildman–Crippen MR) is 67.3 cm³/mol. The van der Waals surface area contributed by atoms with Gasteiger partial charge in [-0.15, -0.1) is 0 Å². The molecule has 3 nitrogen and oxygen atoms in total. The van der Waals surface area contributed by atoms with Crippen molar-refractivity contribution in [3.63, 3.8) is 0 Å². The molecule has 3 aromatic heterocycles. The summed E-state index contributed by atoms with van der Waals surface area (Å²) in [6, 6.07) is 2.73. The molecule has 0 amide bonds. The summed E-state index contributed by atoms with van der Waals surface area (Å²) in [6.07, 6.45) is 2.23. The van der Waals surface area contributed by atoms with Crippen LogP contribution in [-0.4, -0.2) is 9.38 Å². The van der Waals surface area contributed by atoms with E-state index in [1.165, 1.54) is 16.9 Å². The van der Waals surface area contributed by atoms with Crippen molar-refractivity contribution >= 4 is 5.65 Å². The number of rotatable bonds is 2. The van der Waals surface area contributed by atoms with Crippen LogP contribution in [0.25, 0.3) is 16.8 Å². The van der Waals surface area contributed by atoms with Crippen LogP contribution in [0.4, 0.5) is 13.2 Å². The minimum atomic E-state index is -4.45. The lowest BCUT2D eigenvalue weighted by Gasteiger charge is -2.10. The minimum absolute atomic E-state index is 0.0680. The third-order valence-corrected chi connectivity index (χ3v) is 3.12. The van der Waals surface area contributed by atoms with Crippen LogP contribution >= 0.6 is 0 Å². The quantitative estimate of drug-likeness (QED) is 0.705. The summed E-state index contributed by atoms with van der Waals surface area (Å²) in [7, 11) is 0. The molecule has 0 aliphatic carbocycles. The Morgan fingerprint density at radius 1 is 1.25 bits per heavy atom. The second-order valence-electron chi connectivity index (χ2n) is 4.47. The predicted octanol–water partition coefficient (Wildman–Crippen LogP) is 4.18. The maximum atomic E-state index is 13.2. The topological polar surface area (TPSA) is 30.4 Å². The molecule has 0 unspecified atom stereocenters. The third-order valence-electron chi connectivity index (χ3n) is 3.12. The number of hydrogen-bond donors (Lipinski definition) is 0. The number of furan rings is 1. The van der Waals surface area contributed by atoms with Crippen molar-refractivity contribution in [1.29, 1.82) is 0 Å². The number of aromatic nitrogens is 2. The van der Waals surface area contributed by atoms with Gasteiger partial charge in [0.05, 0.1) is 23.8 Å². The van der Waals surface area contributed by atoms with Gasteiger partial charge >= 0.3 is 6.18 Å². The van der Waals surface area contributed by atoms with E-state index in [4.69, 9.17) is 4.42 Å². The Balaban J connectivity index is 2.30. The molecule has 3 aromatic rings. The van der Waals surface area contributed by atoms with E-state index in [1.54, 1.807) is 18.5 Å². The number of pyridine rings is 1. The number of fused-ring (bicyclic) bond motifs is 1. The van der Waals surface area contributed by atoms with Crippen LogP contribution in [0.15, 0.2) is 41.5 Å². The molecule has 3 rings (SSSR count). The van der Waals surface area contributed by atoms with Crippen molar-refractivity contribution in [2.75, 3.05) is 0 Å². The molecule has 20 heavy (non-hydrogen) atoms. The summed E-state index contributed by atoms with van der Waals surface area (Å²) < 4.78 is 45.9. The Bertz CT molecular complexity index is 742. The van der Waals surface area contributed by atoms with Gasteiger partial charge in [0.1, 0.15) is 5.65 Å². The van der Waals surface area contributed by atoms with Gasteiger partial charge in [-0.3, -0.25) is 0 Å². The summed E-state index contributed by atoms with van der Waals surface area (Å²) in [5.41, 5.74) is 0.861. The van der Waals surface area contributed by atoms with Gasteiger partial charge in [0.25, 0.3) is 0 Å². The first kappa shape index (κ1) is 12.8. The van der Waals surface area contributed by atoms with Gasteiger partial charge in [0, 0.05) is 23.5 Å². The molecule has 0 bridgehead atoms. The van der Waals surface area contributed by atoms with E-state index in [0.29, 0.717) is 23.2 Å². The van der Waals surface area contributed by atoms with E-state index in [1.807, 2.05) is 6.92 Å². The van der Waals surface area contributed by atoms with E-state index in [-0.39, 0.29) is 5.65 Å². The maximum Gasteiger partial charge on any atom is 0.420 e. The molecular formula is C14H11F3N2O. The first-order valence-corrected chi connectivity index (χ1v) is 6.10. The van der Waals surface area contributed by atoms with Gasteiger partial charge in [-0.2, -0.15) is 13.2 Å². The molecule has 0 aliphatic rings. The van der Waals surface area contributed by atoms with Crippen molar-refractivity contribution in [2.24, 2.45) is 0 Å². The Morgan fingerprint density at radius 3 is 2.65 bits per heavy atom. The van der Waals surface area contributed by atoms with Gasteiger partial charge < -0.3 is 8.82 Å². The van der Waals surface area contributed by atoms with Crippen LogP contribution in [0.3, 0.4) is 0 Å². The largest absolute Gasteiger partial charge is 0.472 e. The van der Waals surface area contributed by atoms with Gasteiger partial charge in [-0.05, 0) is 18.6 Å². The van der Waals surface area contributed by atoms with Crippen LogP contribution in [0.5, 0.6) is 0 Å². The Morgan fingerprint density at radius 2 is 2.05 bits per heavy atom. The fourth-order valence-corrected chi connectivity index (χ4v) is 2.11. The zero-order valence-corrected chi connectivity index (χ0v) is 10.6. The fraction of sp³-hybridized carbons (Fsp3) is 0.214. The lowest BCUT2D eigenvalue weighted by atomic mass is 10.1. The summed E-state index contributed by atoms with van der Waals surface area (Å²) >= 11 is 0. The van der Waals surface area contributed by atoms with E-state index in [2.05, 4.69) is 4.98 Å². The third kappa shape index (κ3) is 2.07. The molecule has 3 heterocycles. The number of halogens is 3. The molecule has 0 spiro atoms. The zero-order chi connectivity index (χ0) is 14.3.